The zero-order chi connectivity index (χ0) is 13.8. The van der Waals surface area contributed by atoms with Crippen LogP contribution in [-0.2, 0) is 6.54 Å². The van der Waals surface area contributed by atoms with E-state index in [1.165, 1.54) is 10.4 Å². The largest absolute Gasteiger partial charge is 0.395 e. The lowest BCUT2D eigenvalue weighted by atomic mass is 10.3. The van der Waals surface area contributed by atoms with Crippen LogP contribution in [-0.4, -0.2) is 59.2 Å². The Bertz CT molecular complexity index is 518. The summed E-state index contributed by atoms with van der Waals surface area (Å²) < 4.78 is 0. The summed E-state index contributed by atoms with van der Waals surface area (Å²) in [5, 5.41) is 14.3. The van der Waals surface area contributed by atoms with Gasteiger partial charge in [-0.15, -0.1) is 11.3 Å². The van der Waals surface area contributed by atoms with Crippen LogP contribution >= 0.6 is 22.7 Å². The number of β-amino-alcohol motifs (C(OH)–C–C–N with tert-alkyl or cyclic N) is 1. The minimum atomic E-state index is 0.263. The summed E-state index contributed by atoms with van der Waals surface area (Å²) in [4.78, 5) is 10.6. The van der Waals surface area contributed by atoms with Gasteiger partial charge in [-0.25, -0.2) is 4.98 Å². The molecule has 0 saturated carbocycles. The Morgan fingerprint density at radius 2 is 2.00 bits per heavy atom. The lowest BCUT2D eigenvalue weighted by molar-refractivity contribution is 0.109. The van der Waals surface area contributed by atoms with Crippen molar-refractivity contribution in [2.75, 3.05) is 39.3 Å². The number of hydrogen-bond donors (Lipinski definition) is 1. The molecule has 2 aromatic rings. The van der Waals surface area contributed by atoms with Crippen molar-refractivity contribution in [3.63, 3.8) is 0 Å². The summed E-state index contributed by atoms with van der Waals surface area (Å²) in [5.74, 6) is 0. The van der Waals surface area contributed by atoms with E-state index >= 15 is 0 Å². The Hall–Kier alpha value is -0.790. The SMILES string of the molecule is OCCN1CCN(Cc2cnc(-c3ccsc3)s2)CC1. The number of rotatable bonds is 5. The molecule has 1 fully saturated rings. The highest BCUT2D eigenvalue weighted by atomic mass is 32.1. The molecule has 6 heteroatoms. The fourth-order valence-corrected chi connectivity index (χ4v) is 4.10. The number of aromatic nitrogens is 1. The van der Waals surface area contributed by atoms with Crippen molar-refractivity contribution in [1.82, 2.24) is 14.8 Å². The summed E-state index contributed by atoms with van der Waals surface area (Å²) in [6.45, 7) is 6.31. The summed E-state index contributed by atoms with van der Waals surface area (Å²) in [5.41, 5.74) is 1.24. The molecule has 0 bridgehead atoms. The molecule has 20 heavy (non-hydrogen) atoms. The van der Waals surface area contributed by atoms with E-state index in [0.29, 0.717) is 0 Å². The zero-order valence-corrected chi connectivity index (χ0v) is 13.0. The summed E-state index contributed by atoms with van der Waals surface area (Å²) in [7, 11) is 0. The van der Waals surface area contributed by atoms with Crippen LogP contribution in [0.2, 0.25) is 0 Å². The van der Waals surface area contributed by atoms with E-state index in [1.807, 2.05) is 6.20 Å². The molecular weight excluding hydrogens is 290 g/mol. The Balaban J connectivity index is 1.54. The molecule has 0 aromatic carbocycles. The van der Waals surface area contributed by atoms with Gasteiger partial charge in [-0.2, -0.15) is 11.3 Å². The van der Waals surface area contributed by atoms with E-state index in [2.05, 4.69) is 31.6 Å². The van der Waals surface area contributed by atoms with Crippen LogP contribution in [0.25, 0.3) is 10.6 Å². The summed E-state index contributed by atoms with van der Waals surface area (Å²) >= 11 is 3.51. The third-order valence-electron chi connectivity index (χ3n) is 3.58. The number of aliphatic hydroxyl groups excluding tert-OH is 1. The third kappa shape index (κ3) is 3.45. The zero-order valence-electron chi connectivity index (χ0n) is 11.4. The lowest BCUT2D eigenvalue weighted by Gasteiger charge is -2.33. The van der Waals surface area contributed by atoms with Gasteiger partial charge in [0.05, 0.1) is 6.61 Å². The van der Waals surface area contributed by atoms with Gasteiger partial charge in [0.15, 0.2) is 0 Å². The summed E-state index contributed by atoms with van der Waals surface area (Å²) in [6, 6.07) is 2.13. The topological polar surface area (TPSA) is 39.6 Å². The molecule has 0 atom stereocenters. The predicted octanol–water partition coefficient (Wildman–Crippen LogP) is 1.98. The van der Waals surface area contributed by atoms with Crippen molar-refractivity contribution < 1.29 is 5.11 Å². The average molecular weight is 309 g/mol. The first kappa shape index (κ1) is 14.2. The molecule has 1 saturated heterocycles. The second-order valence-corrected chi connectivity index (χ2v) is 6.88. The van der Waals surface area contributed by atoms with E-state index in [1.54, 1.807) is 22.7 Å². The van der Waals surface area contributed by atoms with Crippen LogP contribution in [0.15, 0.2) is 23.0 Å². The smallest absolute Gasteiger partial charge is 0.124 e. The number of hydrogen-bond acceptors (Lipinski definition) is 6. The van der Waals surface area contributed by atoms with Crippen LogP contribution < -0.4 is 0 Å². The standard InChI is InChI=1S/C14H19N3OS2/c18-7-6-16-2-4-17(5-3-16)10-13-9-15-14(20-13)12-1-8-19-11-12/h1,8-9,11,18H,2-7,10H2. The monoisotopic (exact) mass is 309 g/mol. The maximum atomic E-state index is 8.95. The first-order valence-electron chi connectivity index (χ1n) is 6.88. The number of thiazole rings is 1. The first-order chi connectivity index (χ1) is 9.85. The van der Waals surface area contributed by atoms with E-state index in [-0.39, 0.29) is 6.61 Å². The van der Waals surface area contributed by atoms with Crippen molar-refractivity contribution in [2.24, 2.45) is 0 Å². The van der Waals surface area contributed by atoms with Gasteiger partial charge in [0.1, 0.15) is 5.01 Å². The van der Waals surface area contributed by atoms with Crippen molar-refractivity contribution in [3.8, 4) is 10.6 Å². The van der Waals surface area contributed by atoms with Gasteiger partial charge in [-0.05, 0) is 11.4 Å². The molecule has 108 valence electrons. The maximum absolute atomic E-state index is 8.95. The highest BCUT2D eigenvalue weighted by molar-refractivity contribution is 7.15. The van der Waals surface area contributed by atoms with Gasteiger partial charge in [0, 0.05) is 61.3 Å². The highest BCUT2D eigenvalue weighted by Gasteiger charge is 2.17. The molecule has 3 rings (SSSR count). The molecule has 3 heterocycles. The number of thiophene rings is 1. The van der Waals surface area contributed by atoms with E-state index in [0.717, 1.165) is 44.3 Å². The van der Waals surface area contributed by atoms with Gasteiger partial charge >= 0.3 is 0 Å². The van der Waals surface area contributed by atoms with Crippen molar-refractivity contribution in [1.29, 1.82) is 0 Å². The van der Waals surface area contributed by atoms with Gasteiger partial charge in [0.2, 0.25) is 0 Å². The fourth-order valence-electron chi connectivity index (χ4n) is 2.43. The quantitative estimate of drug-likeness (QED) is 0.917. The third-order valence-corrected chi connectivity index (χ3v) is 5.30. The van der Waals surface area contributed by atoms with Crippen molar-refractivity contribution in [2.45, 2.75) is 6.54 Å². The van der Waals surface area contributed by atoms with Crippen molar-refractivity contribution >= 4 is 22.7 Å². The Morgan fingerprint density at radius 3 is 2.70 bits per heavy atom. The van der Waals surface area contributed by atoms with Gasteiger partial charge < -0.3 is 5.11 Å². The Labute approximate surface area is 127 Å². The molecular formula is C14H19N3OS2. The molecule has 0 aliphatic carbocycles. The average Bonchev–Trinajstić information content (AvgIpc) is 3.12. The molecule has 1 aliphatic rings. The highest BCUT2D eigenvalue weighted by Crippen LogP contribution is 2.27. The number of nitrogens with zero attached hydrogens (tertiary/aromatic N) is 3. The second kappa shape index (κ2) is 6.78. The molecule has 1 aliphatic heterocycles. The molecule has 0 radical (unpaired) electrons. The molecule has 2 aromatic heterocycles. The fraction of sp³-hybridized carbons (Fsp3) is 0.500. The van der Waals surface area contributed by atoms with Gasteiger partial charge in [0.25, 0.3) is 0 Å². The van der Waals surface area contributed by atoms with Gasteiger partial charge in [-0.3, -0.25) is 9.80 Å². The van der Waals surface area contributed by atoms with Crippen LogP contribution in [0.3, 0.4) is 0 Å². The molecule has 0 unspecified atom stereocenters. The number of aliphatic hydroxyl groups is 1. The van der Waals surface area contributed by atoms with Crippen molar-refractivity contribution in [3.05, 3.63) is 27.9 Å². The minimum absolute atomic E-state index is 0.263. The summed E-state index contributed by atoms with van der Waals surface area (Å²) in [6.07, 6.45) is 2.01. The molecule has 1 N–H and O–H groups in total. The van der Waals surface area contributed by atoms with E-state index < -0.39 is 0 Å². The number of piperazine rings is 1. The Morgan fingerprint density at radius 1 is 1.20 bits per heavy atom. The van der Waals surface area contributed by atoms with Crippen LogP contribution in [0.4, 0.5) is 0 Å². The normalized spacial score (nSPS) is 17.6. The predicted molar refractivity (Wildman–Crippen MR) is 84.2 cm³/mol. The minimum Gasteiger partial charge on any atom is -0.395 e. The van der Waals surface area contributed by atoms with Crippen LogP contribution in [0.1, 0.15) is 4.88 Å². The maximum Gasteiger partial charge on any atom is 0.124 e. The molecule has 0 amide bonds. The van der Waals surface area contributed by atoms with Crippen LogP contribution in [0, 0.1) is 0 Å². The van der Waals surface area contributed by atoms with E-state index in [9.17, 15) is 0 Å². The lowest BCUT2D eigenvalue weighted by Crippen LogP contribution is -2.46. The van der Waals surface area contributed by atoms with E-state index in [4.69, 9.17) is 5.11 Å². The molecule has 4 nitrogen and oxygen atoms in total. The second-order valence-electron chi connectivity index (χ2n) is 4.99. The first-order valence-corrected chi connectivity index (χ1v) is 8.64. The van der Waals surface area contributed by atoms with Crippen LogP contribution in [0.5, 0.6) is 0 Å². The van der Waals surface area contributed by atoms with Gasteiger partial charge in [-0.1, -0.05) is 0 Å². The molecule has 0 spiro atoms. The Kier molecular flexibility index (Phi) is 4.80.